The van der Waals surface area contributed by atoms with Crippen molar-refractivity contribution in [2.75, 3.05) is 18.0 Å². The van der Waals surface area contributed by atoms with Crippen LogP contribution >= 0.6 is 0 Å². The molecule has 1 aliphatic carbocycles. The molecule has 0 spiro atoms. The summed E-state index contributed by atoms with van der Waals surface area (Å²) in [5, 5.41) is 3.42. The molecule has 2 heterocycles. The zero-order valence-corrected chi connectivity index (χ0v) is 13.4. The number of hydrogen-bond donors (Lipinski definition) is 1. The van der Waals surface area contributed by atoms with Gasteiger partial charge in [0.1, 0.15) is 5.82 Å². The Hall–Kier alpha value is -1.16. The molecule has 1 saturated carbocycles. The van der Waals surface area contributed by atoms with E-state index in [1.807, 2.05) is 12.4 Å². The highest BCUT2D eigenvalue weighted by Gasteiger charge is 2.36. The van der Waals surface area contributed by atoms with Crippen LogP contribution in [0, 0.1) is 11.8 Å². The molecule has 3 rings (SSSR count). The number of aromatic nitrogens is 2. The van der Waals surface area contributed by atoms with Crippen molar-refractivity contribution in [1.82, 2.24) is 15.3 Å². The highest BCUT2D eigenvalue weighted by atomic mass is 15.2. The maximum atomic E-state index is 4.67. The van der Waals surface area contributed by atoms with Gasteiger partial charge in [0.2, 0.25) is 0 Å². The lowest BCUT2D eigenvalue weighted by atomic mass is 9.85. The second-order valence-electron chi connectivity index (χ2n) is 6.98. The summed E-state index contributed by atoms with van der Waals surface area (Å²) >= 11 is 0. The second kappa shape index (κ2) is 6.73. The molecule has 2 unspecified atom stereocenters. The van der Waals surface area contributed by atoms with Crippen LogP contribution in [0.1, 0.15) is 51.6 Å². The molecule has 1 aromatic rings. The van der Waals surface area contributed by atoms with Crippen molar-refractivity contribution in [3.8, 4) is 0 Å². The van der Waals surface area contributed by atoms with Gasteiger partial charge < -0.3 is 10.2 Å². The van der Waals surface area contributed by atoms with Crippen LogP contribution in [-0.2, 0) is 6.54 Å². The summed E-state index contributed by atoms with van der Waals surface area (Å²) in [4.78, 5) is 11.8. The molecule has 4 heteroatoms. The Morgan fingerprint density at radius 3 is 2.81 bits per heavy atom. The van der Waals surface area contributed by atoms with E-state index in [0.717, 1.165) is 43.1 Å². The molecule has 2 aliphatic rings. The van der Waals surface area contributed by atoms with Crippen LogP contribution < -0.4 is 10.2 Å². The number of rotatable bonds is 5. The molecular weight excluding hydrogens is 260 g/mol. The van der Waals surface area contributed by atoms with E-state index < -0.39 is 0 Å². The van der Waals surface area contributed by atoms with E-state index in [1.54, 1.807) is 0 Å². The third-order valence-corrected chi connectivity index (χ3v) is 4.85. The fourth-order valence-electron chi connectivity index (χ4n) is 3.77. The minimum atomic E-state index is 0.671. The molecule has 21 heavy (non-hydrogen) atoms. The predicted molar refractivity (Wildman–Crippen MR) is 86.3 cm³/mol. The Morgan fingerprint density at radius 1 is 1.19 bits per heavy atom. The summed E-state index contributed by atoms with van der Waals surface area (Å²) in [6.45, 7) is 7.44. The van der Waals surface area contributed by atoms with Crippen LogP contribution in [0.25, 0.3) is 0 Å². The zero-order valence-electron chi connectivity index (χ0n) is 13.4. The van der Waals surface area contributed by atoms with Crippen LogP contribution in [0.5, 0.6) is 0 Å². The lowest BCUT2D eigenvalue weighted by molar-refractivity contribution is 0.341. The maximum Gasteiger partial charge on any atom is 0.147 e. The minimum absolute atomic E-state index is 0.671. The Labute approximate surface area is 128 Å². The molecule has 1 saturated heterocycles. The molecule has 0 aromatic carbocycles. The molecule has 2 atom stereocenters. The number of nitrogens with one attached hydrogen (secondary N) is 1. The van der Waals surface area contributed by atoms with Crippen LogP contribution in [0.3, 0.4) is 0 Å². The molecule has 2 fully saturated rings. The van der Waals surface area contributed by atoms with Gasteiger partial charge in [-0.3, -0.25) is 4.98 Å². The maximum absolute atomic E-state index is 4.67. The molecule has 1 aromatic heterocycles. The summed E-state index contributed by atoms with van der Waals surface area (Å²) in [6, 6.07) is 0.720. The van der Waals surface area contributed by atoms with Gasteiger partial charge in [-0.1, -0.05) is 26.7 Å². The third-order valence-electron chi connectivity index (χ3n) is 4.85. The average Bonchev–Trinajstić information content (AvgIpc) is 2.92. The highest BCUT2D eigenvalue weighted by molar-refractivity contribution is 5.39. The monoisotopic (exact) mass is 288 g/mol. The lowest BCUT2D eigenvalue weighted by Crippen LogP contribution is -2.35. The van der Waals surface area contributed by atoms with Crippen molar-refractivity contribution in [2.24, 2.45) is 11.8 Å². The van der Waals surface area contributed by atoms with Gasteiger partial charge >= 0.3 is 0 Å². The normalized spacial score (nSPS) is 25.4. The standard InChI is InChI=1S/C17H28N4/c1-13(2)9-18-10-15-11-20-17(12-19-15)21-8-7-14-5-3-4-6-16(14)21/h11-14,16,18H,3-10H2,1-2H3. The number of nitrogens with zero attached hydrogens (tertiary/aromatic N) is 3. The van der Waals surface area contributed by atoms with E-state index in [-0.39, 0.29) is 0 Å². The first-order chi connectivity index (χ1) is 10.2. The molecule has 0 amide bonds. The van der Waals surface area contributed by atoms with Crippen LogP contribution in [-0.4, -0.2) is 29.1 Å². The minimum Gasteiger partial charge on any atom is -0.352 e. The summed E-state index contributed by atoms with van der Waals surface area (Å²) in [5.41, 5.74) is 1.04. The van der Waals surface area contributed by atoms with Crippen molar-refractivity contribution < 1.29 is 0 Å². The second-order valence-corrected chi connectivity index (χ2v) is 6.98. The summed E-state index contributed by atoms with van der Waals surface area (Å²) in [7, 11) is 0. The average molecular weight is 288 g/mol. The fraction of sp³-hybridized carbons (Fsp3) is 0.765. The van der Waals surface area contributed by atoms with Crippen LogP contribution in [0.4, 0.5) is 5.82 Å². The molecular formula is C17H28N4. The van der Waals surface area contributed by atoms with Gasteiger partial charge in [-0.15, -0.1) is 0 Å². The number of anilines is 1. The molecule has 4 nitrogen and oxygen atoms in total. The third kappa shape index (κ3) is 3.54. The van der Waals surface area contributed by atoms with Crippen LogP contribution in [0.2, 0.25) is 0 Å². The summed E-state index contributed by atoms with van der Waals surface area (Å²) in [6.07, 6.45) is 10.8. The Morgan fingerprint density at radius 2 is 2.05 bits per heavy atom. The van der Waals surface area contributed by atoms with E-state index in [2.05, 4.69) is 34.0 Å². The van der Waals surface area contributed by atoms with Crippen molar-refractivity contribution in [3.05, 3.63) is 18.1 Å². The largest absolute Gasteiger partial charge is 0.352 e. The van der Waals surface area contributed by atoms with E-state index >= 15 is 0 Å². The summed E-state index contributed by atoms with van der Waals surface area (Å²) < 4.78 is 0. The first kappa shape index (κ1) is 14.8. The van der Waals surface area contributed by atoms with Crippen molar-refractivity contribution in [1.29, 1.82) is 0 Å². The SMILES string of the molecule is CC(C)CNCc1cnc(N2CCC3CCCCC32)cn1. The first-order valence-electron chi connectivity index (χ1n) is 8.52. The van der Waals surface area contributed by atoms with Gasteiger partial charge in [-0.2, -0.15) is 0 Å². The Balaban J connectivity index is 1.59. The van der Waals surface area contributed by atoms with E-state index in [1.165, 1.54) is 32.1 Å². The summed E-state index contributed by atoms with van der Waals surface area (Å²) in [5.74, 6) is 2.65. The van der Waals surface area contributed by atoms with Gasteiger partial charge in [0.05, 0.1) is 18.1 Å². The van der Waals surface area contributed by atoms with Gasteiger partial charge in [-0.05, 0) is 37.6 Å². The Bertz CT molecular complexity index is 443. The van der Waals surface area contributed by atoms with E-state index in [0.29, 0.717) is 5.92 Å². The molecule has 0 radical (unpaired) electrons. The van der Waals surface area contributed by atoms with E-state index in [4.69, 9.17) is 0 Å². The van der Waals surface area contributed by atoms with Gasteiger partial charge in [0.15, 0.2) is 0 Å². The van der Waals surface area contributed by atoms with Crippen molar-refractivity contribution in [2.45, 2.75) is 58.5 Å². The van der Waals surface area contributed by atoms with Gasteiger partial charge in [0, 0.05) is 19.1 Å². The smallest absolute Gasteiger partial charge is 0.147 e. The Kier molecular flexibility index (Phi) is 4.73. The topological polar surface area (TPSA) is 41.1 Å². The predicted octanol–water partition coefficient (Wildman–Crippen LogP) is 2.99. The van der Waals surface area contributed by atoms with Gasteiger partial charge in [-0.25, -0.2) is 4.98 Å². The zero-order chi connectivity index (χ0) is 14.7. The molecule has 1 N–H and O–H groups in total. The quantitative estimate of drug-likeness (QED) is 0.904. The first-order valence-corrected chi connectivity index (χ1v) is 8.52. The van der Waals surface area contributed by atoms with Gasteiger partial charge in [0.25, 0.3) is 0 Å². The molecule has 116 valence electrons. The number of fused-ring (bicyclic) bond motifs is 1. The molecule has 1 aliphatic heterocycles. The molecule has 0 bridgehead atoms. The number of hydrogen-bond acceptors (Lipinski definition) is 4. The van der Waals surface area contributed by atoms with Crippen molar-refractivity contribution in [3.63, 3.8) is 0 Å². The lowest BCUT2D eigenvalue weighted by Gasteiger charge is -2.32. The highest BCUT2D eigenvalue weighted by Crippen LogP contribution is 2.37. The van der Waals surface area contributed by atoms with E-state index in [9.17, 15) is 0 Å². The van der Waals surface area contributed by atoms with Crippen LogP contribution in [0.15, 0.2) is 12.4 Å². The van der Waals surface area contributed by atoms with Crippen molar-refractivity contribution >= 4 is 5.82 Å². The fourth-order valence-corrected chi connectivity index (χ4v) is 3.77.